The molecule has 0 aliphatic rings. The molecule has 2 aromatic heterocycles. The number of para-hydroxylation sites is 1. The summed E-state index contributed by atoms with van der Waals surface area (Å²) < 4.78 is 17.9. The van der Waals surface area contributed by atoms with E-state index in [2.05, 4.69) is 71.3 Å². The van der Waals surface area contributed by atoms with Gasteiger partial charge in [-0.05, 0) is 41.5 Å². The Balaban J connectivity index is 1.32. The van der Waals surface area contributed by atoms with Crippen molar-refractivity contribution in [3.05, 3.63) is 182 Å². The van der Waals surface area contributed by atoms with Gasteiger partial charge in [0.25, 0.3) is 0 Å². The number of benzene rings is 7. The van der Waals surface area contributed by atoms with Crippen LogP contribution in [0.4, 0.5) is 4.39 Å². The van der Waals surface area contributed by atoms with Crippen LogP contribution < -0.4 is 0 Å². The molecule has 5 heteroatoms. The van der Waals surface area contributed by atoms with Crippen LogP contribution in [0.15, 0.2) is 176 Å². The molecule has 0 spiro atoms. The number of fused-ring (bicyclic) bond motifs is 3. The van der Waals surface area contributed by atoms with Gasteiger partial charge in [0.15, 0.2) is 17.5 Å². The molecule has 0 fully saturated rings. The molecule has 0 amide bonds. The predicted octanol–water partition coefficient (Wildman–Crippen LogP) is 11.4. The summed E-state index contributed by atoms with van der Waals surface area (Å²) in [4.78, 5) is 14.9. The quantitative estimate of drug-likeness (QED) is 0.181. The maximum Gasteiger partial charge on any atom is 0.164 e. The van der Waals surface area contributed by atoms with Crippen LogP contribution in [0.3, 0.4) is 0 Å². The first kappa shape index (κ1) is 29.4. The summed E-state index contributed by atoms with van der Waals surface area (Å²) in [5.74, 6) is 1.41. The molecule has 236 valence electrons. The fraction of sp³-hybridized carbons (Fsp3) is 0. The van der Waals surface area contributed by atoms with E-state index in [0.29, 0.717) is 23.0 Å². The lowest BCUT2D eigenvalue weighted by Crippen LogP contribution is -2.02. The third kappa shape index (κ3) is 5.22. The Morgan fingerprint density at radius 1 is 0.360 bits per heavy atom. The molecule has 0 unspecified atom stereocenters. The fourth-order valence-corrected chi connectivity index (χ4v) is 6.74. The van der Waals surface area contributed by atoms with Crippen molar-refractivity contribution in [2.45, 2.75) is 0 Å². The van der Waals surface area contributed by atoms with Crippen LogP contribution in [0.5, 0.6) is 0 Å². The number of hydrogen-bond acceptors (Lipinski definition) is 3. The molecule has 4 nitrogen and oxygen atoms in total. The minimum absolute atomic E-state index is 0.286. The van der Waals surface area contributed by atoms with E-state index in [1.54, 1.807) is 6.07 Å². The summed E-state index contributed by atoms with van der Waals surface area (Å²) in [7, 11) is 0. The molecule has 2 heterocycles. The number of nitrogens with zero attached hydrogens (tertiary/aromatic N) is 4. The second-order valence-electron chi connectivity index (χ2n) is 12.2. The van der Waals surface area contributed by atoms with Gasteiger partial charge < -0.3 is 4.57 Å². The molecule has 9 rings (SSSR count). The molecular weight excluding hydrogens is 616 g/mol. The van der Waals surface area contributed by atoms with Crippen molar-refractivity contribution in [1.29, 1.82) is 0 Å². The molecule has 0 saturated heterocycles. The average Bonchev–Trinajstić information content (AvgIpc) is 3.52. The van der Waals surface area contributed by atoms with Gasteiger partial charge >= 0.3 is 0 Å². The van der Waals surface area contributed by atoms with Gasteiger partial charge in [-0.3, -0.25) is 0 Å². The van der Waals surface area contributed by atoms with Crippen LogP contribution >= 0.6 is 0 Å². The van der Waals surface area contributed by atoms with Crippen LogP contribution in [-0.2, 0) is 0 Å². The van der Waals surface area contributed by atoms with Gasteiger partial charge in [-0.15, -0.1) is 0 Å². The molecule has 0 bridgehead atoms. The van der Waals surface area contributed by atoms with Gasteiger partial charge in [0.2, 0.25) is 0 Å². The zero-order valence-corrected chi connectivity index (χ0v) is 26.9. The number of halogens is 1. The third-order valence-corrected chi connectivity index (χ3v) is 9.14. The largest absolute Gasteiger partial charge is 0.309 e. The number of rotatable bonds is 6. The standard InChI is InChI=1S/C45H29FN4/c46-39-22-12-10-20-35(39)37-26-24-34(45-48-43(31-16-6-2-7-17-31)47-44(49-45)32-18-8-3-9-19-32)29-42(37)50-40-23-13-11-21-36(40)38-28-33(25-27-41(38)50)30-14-4-1-5-15-30/h1-29H. The number of hydrogen-bond donors (Lipinski definition) is 0. The van der Waals surface area contributed by atoms with E-state index in [9.17, 15) is 0 Å². The van der Waals surface area contributed by atoms with E-state index >= 15 is 4.39 Å². The SMILES string of the molecule is Fc1ccccc1-c1ccc(-c2nc(-c3ccccc3)nc(-c3ccccc3)n2)cc1-n1c2ccccc2c2cc(-c3ccccc3)ccc21. The van der Waals surface area contributed by atoms with Crippen molar-refractivity contribution in [2.24, 2.45) is 0 Å². The van der Waals surface area contributed by atoms with E-state index in [1.807, 2.05) is 97.1 Å². The van der Waals surface area contributed by atoms with Crippen LogP contribution in [-0.4, -0.2) is 19.5 Å². The summed E-state index contributed by atoms with van der Waals surface area (Å²) in [5, 5.41) is 2.23. The zero-order valence-electron chi connectivity index (χ0n) is 26.9. The Morgan fingerprint density at radius 2 is 0.880 bits per heavy atom. The fourth-order valence-electron chi connectivity index (χ4n) is 6.74. The van der Waals surface area contributed by atoms with Crippen molar-refractivity contribution in [2.75, 3.05) is 0 Å². The highest BCUT2D eigenvalue weighted by Gasteiger charge is 2.20. The number of aromatic nitrogens is 4. The molecule has 50 heavy (non-hydrogen) atoms. The van der Waals surface area contributed by atoms with Crippen molar-refractivity contribution in [1.82, 2.24) is 19.5 Å². The third-order valence-electron chi connectivity index (χ3n) is 9.14. The first-order chi connectivity index (χ1) is 24.7. The molecule has 0 aliphatic heterocycles. The van der Waals surface area contributed by atoms with Crippen molar-refractivity contribution >= 4 is 21.8 Å². The molecule has 0 saturated carbocycles. The Bertz CT molecular complexity index is 2590. The maximum absolute atomic E-state index is 15.6. The minimum Gasteiger partial charge on any atom is -0.309 e. The molecule has 0 atom stereocenters. The van der Waals surface area contributed by atoms with Crippen molar-refractivity contribution in [3.8, 4) is 62.1 Å². The lowest BCUT2D eigenvalue weighted by Gasteiger charge is -2.17. The van der Waals surface area contributed by atoms with Crippen LogP contribution in [0.1, 0.15) is 0 Å². The predicted molar refractivity (Wildman–Crippen MR) is 201 cm³/mol. The summed E-state index contributed by atoms with van der Waals surface area (Å²) in [6.07, 6.45) is 0. The Morgan fingerprint density at radius 3 is 1.54 bits per heavy atom. The van der Waals surface area contributed by atoms with E-state index in [1.165, 1.54) is 6.07 Å². The maximum atomic E-state index is 15.6. The summed E-state index contributed by atoms with van der Waals surface area (Å²) in [6.45, 7) is 0. The van der Waals surface area contributed by atoms with Crippen molar-refractivity contribution < 1.29 is 4.39 Å². The van der Waals surface area contributed by atoms with Gasteiger partial charge in [-0.2, -0.15) is 0 Å². The van der Waals surface area contributed by atoms with Crippen LogP contribution in [0.25, 0.3) is 83.9 Å². The lowest BCUT2D eigenvalue weighted by atomic mass is 10.00. The highest BCUT2D eigenvalue weighted by atomic mass is 19.1. The van der Waals surface area contributed by atoms with Gasteiger partial charge in [-0.1, -0.05) is 146 Å². The average molecular weight is 645 g/mol. The topological polar surface area (TPSA) is 43.6 Å². The Hall–Kier alpha value is -6.72. The Labute approximate surface area is 288 Å². The second-order valence-corrected chi connectivity index (χ2v) is 12.2. The molecule has 0 N–H and O–H groups in total. The summed E-state index contributed by atoms with van der Waals surface area (Å²) >= 11 is 0. The van der Waals surface area contributed by atoms with Gasteiger partial charge in [0, 0.05) is 38.6 Å². The first-order valence-electron chi connectivity index (χ1n) is 16.6. The summed E-state index contributed by atoms with van der Waals surface area (Å²) in [5.41, 5.74) is 9.03. The van der Waals surface area contributed by atoms with Crippen molar-refractivity contribution in [3.63, 3.8) is 0 Å². The molecule has 0 aliphatic carbocycles. The van der Waals surface area contributed by atoms with Crippen LogP contribution in [0.2, 0.25) is 0 Å². The lowest BCUT2D eigenvalue weighted by molar-refractivity contribution is 0.631. The molecule has 7 aromatic carbocycles. The second kappa shape index (κ2) is 12.4. The van der Waals surface area contributed by atoms with E-state index in [4.69, 9.17) is 15.0 Å². The molecular formula is C45H29FN4. The summed E-state index contributed by atoms with van der Waals surface area (Å²) in [6, 6.07) is 58.2. The highest BCUT2D eigenvalue weighted by Crippen LogP contribution is 2.40. The molecule has 9 aromatic rings. The van der Waals surface area contributed by atoms with Gasteiger partial charge in [0.1, 0.15) is 5.82 Å². The van der Waals surface area contributed by atoms with Crippen LogP contribution in [0, 0.1) is 5.82 Å². The normalized spacial score (nSPS) is 11.3. The van der Waals surface area contributed by atoms with Gasteiger partial charge in [-0.25, -0.2) is 19.3 Å². The van der Waals surface area contributed by atoms with E-state index in [0.717, 1.165) is 60.9 Å². The highest BCUT2D eigenvalue weighted by molar-refractivity contribution is 6.11. The van der Waals surface area contributed by atoms with E-state index in [-0.39, 0.29) is 5.82 Å². The Kier molecular flexibility index (Phi) is 7.29. The smallest absolute Gasteiger partial charge is 0.164 e. The first-order valence-corrected chi connectivity index (χ1v) is 16.6. The molecule has 0 radical (unpaired) electrons. The monoisotopic (exact) mass is 644 g/mol. The van der Waals surface area contributed by atoms with Gasteiger partial charge in [0.05, 0.1) is 16.7 Å². The minimum atomic E-state index is -0.286. The zero-order chi connectivity index (χ0) is 33.4. The van der Waals surface area contributed by atoms with E-state index < -0.39 is 0 Å².